The zero-order valence-electron chi connectivity index (χ0n) is 14.2. The summed E-state index contributed by atoms with van der Waals surface area (Å²) in [5.41, 5.74) is 2.55. The number of rotatable bonds is 4. The molecule has 4 rings (SSSR count). The summed E-state index contributed by atoms with van der Waals surface area (Å²) in [6.07, 6.45) is 2.61. The molecule has 5 nitrogen and oxygen atoms in total. The van der Waals surface area contributed by atoms with Crippen molar-refractivity contribution in [2.75, 3.05) is 11.9 Å². The largest absolute Gasteiger partial charge is 0.484 e. The number of halogens is 2. The van der Waals surface area contributed by atoms with E-state index in [0.717, 1.165) is 35.8 Å². The molecule has 138 valence electrons. The second kappa shape index (κ2) is 7.25. The summed E-state index contributed by atoms with van der Waals surface area (Å²) in [6.45, 7) is -0.194. The third kappa shape index (κ3) is 3.66. The van der Waals surface area contributed by atoms with E-state index in [1.165, 1.54) is 0 Å². The van der Waals surface area contributed by atoms with Crippen molar-refractivity contribution in [2.45, 2.75) is 19.3 Å². The van der Waals surface area contributed by atoms with Crippen molar-refractivity contribution in [3.8, 4) is 5.75 Å². The molecule has 1 N–H and O–H groups in total. The number of carbonyl (C=O) groups excluding carboxylic acids is 1. The van der Waals surface area contributed by atoms with Gasteiger partial charge in [-0.05, 0) is 55.2 Å². The minimum atomic E-state index is -0.344. The first-order valence-electron chi connectivity index (χ1n) is 8.47. The number of aryl methyl sites for hydroxylation is 1. The van der Waals surface area contributed by atoms with Crippen LogP contribution in [0.4, 0.5) is 5.69 Å². The number of anilines is 1. The molecule has 2 aromatic carbocycles. The van der Waals surface area contributed by atoms with Gasteiger partial charge in [-0.3, -0.25) is 4.79 Å². The van der Waals surface area contributed by atoms with E-state index in [9.17, 15) is 9.59 Å². The maximum absolute atomic E-state index is 12.1. The molecule has 0 atom stereocenters. The van der Waals surface area contributed by atoms with Crippen LogP contribution in [-0.2, 0) is 17.6 Å². The number of amides is 1. The highest BCUT2D eigenvalue weighted by Gasteiger charge is 2.19. The lowest BCUT2D eigenvalue weighted by Gasteiger charge is -2.09. The Labute approximate surface area is 164 Å². The van der Waals surface area contributed by atoms with Gasteiger partial charge < -0.3 is 14.5 Å². The van der Waals surface area contributed by atoms with Crippen molar-refractivity contribution < 1.29 is 13.9 Å². The van der Waals surface area contributed by atoms with Crippen LogP contribution in [0.3, 0.4) is 0 Å². The number of carbonyl (C=O) groups is 1. The van der Waals surface area contributed by atoms with Crippen LogP contribution in [0.15, 0.2) is 45.6 Å². The predicted octanol–water partition coefficient (Wildman–Crippen LogP) is 4.61. The molecule has 1 heterocycles. The highest BCUT2D eigenvalue weighted by molar-refractivity contribution is 6.42. The first-order valence-corrected chi connectivity index (χ1v) is 9.23. The average molecular weight is 404 g/mol. The molecule has 0 unspecified atom stereocenters. The molecule has 0 fully saturated rings. The second-order valence-electron chi connectivity index (χ2n) is 6.32. The van der Waals surface area contributed by atoms with Gasteiger partial charge in [0.25, 0.3) is 5.91 Å². The van der Waals surface area contributed by atoms with Crippen molar-refractivity contribution >= 4 is 45.8 Å². The molecule has 0 saturated carbocycles. The van der Waals surface area contributed by atoms with Gasteiger partial charge in [0, 0.05) is 22.7 Å². The zero-order valence-corrected chi connectivity index (χ0v) is 15.7. The fraction of sp³-hybridized carbons (Fsp3) is 0.200. The second-order valence-corrected chi connectivity index (χ2v) is 7.14. The molecule has 0 radical (unpaired) electrons. The van der Waals surface area contributed by atoms with Crippen LogP contribution in [0.25, 0.3) is 11.0 Å². The quantitative estimate of drug-likeness (QED) is 0.645. The minimum absolute atomic E-state index is 0.194. The van der Waals surface area contributed by atoms with E-state index in [2.05, 4.69) is 5.32 Å². The van der Waals surface area contributed by atoms with Gasteiger partial charge in [-0.1, -0.05) is 23.2 Å². The monoisotopic (exact) mass is 403 g/mol. The number of benzene rings is 2. The van der Waals surface area contributed by atoms with Gasteiger partial charge in [-0.2, -0.15) is 0 Å². The number of ether oxygens (including phenoxy) is 1. The van der Waals surface area contributed by atoms with Crippen molar-refractivity contribution in [2.24, 2.45) is 0 Å². The van der Waals surface area contributed by atoms with Crippen LogP contribution in [0.1, 0.15) is 17.5 Å². The summed E-state index contributed by atoms with van der Waals surface area (Å²) in [5.74, 6) is 0.108. The topological polar surface area (TPSA) is 68.5 Å². The van der Waals surface area contributed by atoms with E-state index in [-0.39, 0.29) is 18.1 Å². The lowest BCUT2D eigenvalue weighted by molar-refractivity contribution is -0.118. The first kappa shape index (κ1) is 17.9. The zero-order chi connectivity index (χ0) is 19.0. The van der Waals surface area contributed by atoms with E-state index < -0.39 is 0 Å². The number of hydrogen-bond acceptors (Lipinski definition) is 4. The van der Waals surface area contributed by atoms with Gasteiger partial charge in [0.05, 0.1) is 10.0 Å². The van der Waals surface area contributed by atoms with Crippen LogP contribution in [0, 0.1) is 0 Å². The van der Waals surface area contributed by atoms with Gasteiger partial charge in [0.1, 0.15) is 11.3 Å². The van der Waals surface area contributed by atoms with Crippen LogP contribution in [0.2, 0.25) is 10.0 Å². The Kier molecular flexibility index (Phi) is 4.81. The number of hydrogen-bond donors (Lipinski definition) is 1. The SMILES string of the molecule is O=C(COc1ccc2c3c(c(=O)oc2c1)CCC3)Nc1ccc(Cl)c(Cl)c1. The Bertz CT molecular complexity index is 1110. The van der Waals surface area contributed by atoms with Crippen LogP contribution in [-0.4, -0.2) is 12.5 Å². The first-order chi connectivity index (χ1) is 13.0. The van der Waals surface area contributed by atoms with Gasteiger partial charge in [0.2, 0.25) is 0 Å². The molecule has 1 aliphatic carbocycles. The molecule has 0 spiro atoms. The normalized spacial score (nSPS) is 12.8. The lowest BCUT2D eigenvalue weighted by atomic mass is 10.1. The summed E-state index contributed by atoms with van der Waals surface area (Å²) in [7, 11) is 0. The Balaban J connectivity index is 1.47. The Morgan fingerprint density at radius 2 is 1.89 bits per heavy atom. The smallest absolute Gasteiger partial charge is 0.339 e. The fourth-order valence-corrected chi connectivity index (χ4v) is 3.57. The number of fused-ring (bicyclic) bond motifs is 3. The molecule has 0 bridgehead atoms. The van der Waals surface area contributed by atoms with E-state index in [1.807, 2.05) is 6.07 Å². The summed E-state index contributed by atoms with van der Waals surface area (Å²) in [4.78, 5) is 24.1. The average Bonchev–Trinajstić information content (AvgIpc) is 3.14. The lowest BCUT2D eigenvalue weighted by Crippen LogP contribution is -2.20. The molecule has 1 amide bonds. The third-order valence-electron chi connectivity index (χ3n) is 4.52. The minimum Gasteiger partial charge on any atom is -0.484 e. The summed E-state index contributed by atoms with van der Waals surface area (Å²) >= 11 is 11.8. The van der Waals surface area contributed by atoms with E-state index in [4.69, 9.17) is 32.4 Å². The van der Waals surface area contributed by atoms with Crippen molar-refractivity contribution in [1.29, 1.82) is 0 Å². The molecule has 7 heteroatoms. The summed E-state index contributed by atoms with van der Waals surface area (Å²) in [6, 6.07) is 10.1. The Morgan fingerprint density at radius 1 is 1.07 bits per heavy atom. The van der Waals surface area contributed by atoms with E-state index in [0.29, 0.717) is 27.1 Å². The molecule has 3 aromatic rings. The van der Waals surface area contributed by atoms with Gasteiger partial charge in [-0.15, -0.1) is 0 Å². The highest BCUT2D eigenvalue weighted by atomic mass is 35.5. The third-order valence-corrected chi connectivity index (χ3v) is 5.26. The van der Waals surface area contributed by atoms with Crippen LogP contribution >= 0.6 is 23.2 Å². The van der Waals surface area contributed by atoms with Crippen molar-refractivity contribution in [3.63, 3.8) is 0 Å². The van der Waals surface area contributed by atoms with Crippen molar-refractivity contribution in [1.82, 2.24) is 0 Å². The van der Waals surface area contributed by atoms with Gasteiger partial charge in [-0.25, -0.2) is 4.79 Å². The molecule has 0 aliphatic heterocycles. The Hall–Kier alpha value is -2.50. The van der Waals surface area contributed by atoms with E-state index in [1.54, 1.807) is 30.3 Å². The number of nitrogens with one attached hydrogen (secondary N) is 1. The highest BCUT2D eigenvalue weighted by Crippen LogP contribution is 2.29. The maximum atomic E-state index is 12.1. The van der Waals surface area contributed by atoms with E-state index >= 15 is 0 Å². The fourth-order valence-electron chi connectivity index (χ4n) is 3.27. The molecule has 27 heavy (non-hydrogen) atoms. The predicted molar refractivity (Wildman–Crippen MR) is 105 cm³/mol. The van der Waals surface area contributed by atoms with Crippen LogP contribution in [0.5, 0.6) is 5.75 Å². The summed E-state index contributed by atoms with van der Waals surface area (Å²) < 4.78 is 10.9. The molecule has 1 aromatic heterocycles. The van der Waals surface area contributed by atoms with Crippen LogP contribution < -0.4 is 15.7 Å². The molecular weight excluding hydrogens is 389 g/mol. The standard InChI is InChI=1S/C20H15Cl2NO4/c21-16-7-4-11(8-17(16)22)23-19(24)10-26-12-5-6-14-13-2-1-3-15(13)20(25)27-18(14)9-12/h4-9H,1-3,10H2,(H,23,24). The van der Waals surface area contributed by atoms with Crippen molar-refractivity contribution in [3.05, 3.63) is 68.0 Å². The van der Waals surface area contributed by atoms with Gasteiger partial charge >= 0.3 is 5.63 Å². The molecule has 0 saturated heterocycles. The molecular formula is C20H15Cl2NO4. The summed E-state index contributed by atoms with van der Waals surface area (Å²) in [5, 5.41) is 4.37. The molecule has 1 aliphatic rings. The van der Waals surface area contributed by atoms with Gasteiger partial charge in [0.15, 0.2) is 6.61 Å². The maximum Gasteiger partial charge on any atom is 0.339 e. The Morgan fingerprint density at radius 3 is 2.70 bits per heavy atom.